The van der Waals surface area contributed by atoms with Gasteiger partial charge in [-0.1, -0.05) is 11.6 Å². The van der Waals surface area contributed by atoms with E-state index in [2.05, 4.69) is 0 Å². The normalized spacial score (nSPS) is 16.5. The maximum absolute atomic E-state index is 11.6. The van der Waals surface area contributed by atoms with Gasteiger partial charge in [-0.25, -0.2) is 0 Å². The van der Waals surface area contributed by atoms with Crippen molar-refractivity contribution < 1.29 is 4.79 Å². The monoisotopic (exact) mass is 212 g/mol. The van der Waals surface area contributed by atoms with Crippen LogP contribution in [0.25, 0.3) is 0 Å². The topological polar surface area (TPSA) is 17.1 Å². The Morgan fingerprint density at radius 2 is 2.23 bits per heavy atom. The Morgan fingerprint density at radius 3 is 3.08 bits per heavy atom. The summed E-state index contributed by atoms with van der Waals surface area (Å²) in [6.07, 6.45) is 1.64. The number of rotatable bonds is 0. The third kappa shape index (κ3) is 1.89. The molecule has 0 amide bonds. The molecule has 1 aliphatic heterocycles. The van der Waals surface area contributed by atoms with Crippen molar-refractivity contribution in [2.75, 3.05) is 5.75 Å². The Labute approximate surface area is 86.5 Å². The summed E-state index contributed by atoms with van der Waals surface area (Å²) in [4.78, 5) is 12.6. The van der Waals surface area contributed by atoms with Crippen LogP contribution in [0, 0.1) is 0 Å². The number of thioether (sulfide) groups is 1. The molecule has 1 aromatic carbocycles. The zero-order chi connectivity index (χ0) is 9.26. The molecule has 68 valence electrons. The molecule has 0 radical (unpaired) electrons. The summed E-state index contributed by atoms with van der Waals surface area (Å²) in [7, 11) is 0. The first-order valence-corrected chi connectivity index (χ1v) is 5.59. The molecular formula is C10H9ClOS. The number of benzene rings is 1. The maximum atomic E-state index is 11.6. The molecule has 0 saturated heterocycles. The highest BCUT2D eigenvalue weighted by Crippen LogP contribution is 2.30. The van der Waals surface area contributed by atoms with Gasteiger partial charge in [-0.2, -0.15) is 0 Å². The van der Waals surface area contributed by atoms with Gasteiger partial charge in [0.1, 0.15) is 0 Å². The van der Waals surface area contributed by atoms with E-state index >= 15 is 0 Å². The minimum atomic E-state index is 0.247. The van der Waals surface area contributed by atoms with Crippen LogP contribution in [-0.4, -0.2) is 11.5 Å². The molecule has 0 bridgehead atoms. The standard InChI is InChI=1S/C10H9ClOS/c11-7-3-4-8-9(12)2-1-5-13-10(8)6-7/h3-4,6H,1-2,5H2. The van der Waals surface area contributed by atoms with Crippen molar-refractivity contribution in [2.45, 2.75) is 17.7 Å². The molecule has 0 atom stereocenters. The minimum absolute atomic E-state index is 0.247. The average Bonchev–Trinajstić information content (AvgIpc) is 2.28. The Kier molecular flexibility index (Phi) is 2.61. The van der Waals surface area contributed by atoms with Crippen LogP contribution >= 0.6 is 23.4 Å². The number of Topliss-reactive ketones (excluding diaryl/α,β-unsaturated/α-hetero) is 1. The number of hydrogen-bond donors (Lipinski definition) is 0. The smallest absolute Gasteiger partial charge is 0.164 e. The summed E-state index contributed by atoms with van der Waals surface area (Å²) < 4.78 is 0. The number of halogens is 1. The summed E-state index contributed by atoms with van der Waals surface area (Å²) >= 11 is 7.58. The molecule has 2 rings (SSSR count). The molecule has 0 fully saturated rings. The lowest BCUT2D eigenvalue weighted by Crippen LogP contribution is -1.97. The molecule has 1 aliphatic rings. The van der Waals surface area contributed by atoms with Gasteiger partial charge in [0, 0.05) is 21.9 Å². The summed E-state index contributed by atoms with van der Waals surface area (Å²) in [6, 6.07) is 5.49. The Hall–Kier alpha value is -0.470. The molecule has 0 aromatic heterocycles. The number of ketones is 1. The van der Waals surface area contributed by atoms with Crippen LogP contribution in [-0.2, 0) is 0 Å². The van der Waals surface area contributed by atoms with Crippen LogP contribution in [0.3, 0.4) is 0 Å². The number of fused-ring (bicyclic) bond motifs is 1. The van der Waals surface area contributed by atoms with Crippen molar-refractivity contribution in [3.8, 4) is 0 Å². The van der Waals surface area contributed by atoms with Crippen molar-refractivity contribution in [3.63, 3.8) is 0 Å². The number of carbonyl (C=O) groups is 1. The summed E-state index contributed by atoms with van der Waals surface area (Å²) in [5, 5.41) is 0.709. The molecule has 0 saturated carbocycles. The van der Waals surface area contributed by atoms with Crippen molar-refractivity contribution in [3.05, 3.63) is 28.8 Å². The molecule has 1 nitrogen and oxygen atoms in total. The second-order valence-electron chi connectivity index (χ2n) is 3.02. The van der Waals surface area contributed by atoms with Crippen molar-refractivity contribution >= 4 is 29.1 Å². The maximum Gasteiger partial charge on any atom is 0.164 e. The van der Waals surface area contributed by atoms with Crippen molar-refractivity contribution in [1.82, 2.24) is 0 Å². The predicted molar refractivity (Wildman–Crippen MR) is 55.7 cm³/mol. The quantitative estimate of drug-likeness (QED) is 0.656. The zero-order valence-corrected chi connectivity index (χ0v) is 8.62. The third-order valence-corrected chi connectivity index (χ3v) is 3.43. The lowest BCUT2D eigenvalue weighted by atomic mass is 10.1. The van der Waals surface area contributed by atoms with Crippen LogP contribution < -0.4 is 0 Å². The van der Waals surface area contributed by atoms with Gasteiger partial charge in [-0.15, -0.1) is 11.8 Å². The van der Waals surface area contributed by atoms with Gasteiger partial charge in [0.2, 0.25) is 0 Å². The molecule has 0 unspecified atom stereocenters. The van der Waals surface area contributed by atoms with Gasteiger partial charge in [0.15, 0.2) is 5.78 Å². The molecule has 13 heavy (non-hydrogen) atoms. The van der Waals surface area contributed by atoms with Gasteiger partial charge in [0.25, 0.3) is 0 Å². The largest absolute Gasteiger partial charge is 0.294 e. The zero-order valence-electron chi connectivity index (χ0n) is 7.05. The van der Waals surface area contributed by atoms with Gasteiger partial charge >= 0.3 is 0 Å². The van der Waals surface area contributed by atoms with Crippen molar-refractivity contribution in [2.24, 2.45) is 0 Å². The van der Waals surface area contributed by atoms with E-state index in [4.69, 9.17) is 11.6 Å². The number of carbonyl (C=O) groups excluding carboxylic acids is 1. The summed E-state index contributed by atoms with van der Waals surface area (Å²) in [5.74, 6) is 1.26. The first-order valence-electron chi connectivity index (χ1n) is 4.23. The number of hydrogen-bond acceptors (Lipinski definition) is 2. The first kappa shape index (κ1) is 9.10. The van der Waals surface area contributed by atoms with E-state index in [1.807, 2.05) is 12.1 Å². The van der Waals surface area contributed by atoms with Gasteiger partial charge in [0.05, 0.1) is 0 Å². The fourth-order valence-electron chi connectivity index (χ4n) is 1.40. The fraction of sp³-hybridized carbons (Fsp3) is 0.300. The molecule has 0 aliphatic carbocycles. The first-order chi connectivity index (χ1) is 6.27. The average molecular weight is 213 g/mol. The highest BCUT2D eigenvalue weighted by molar-refractivity contribution is 7.99. The van der Waals surface area contributed by atoms with Crippen molar-refractivity contribution in [1.29, 1.82) is 0 Å². The van der Waals surface area contributed by atoms with E-state index < -0.39 is 0 Å². The van der Waals surface area contributed by atoms with E-state index in [0.717, 1.165) is 22.6 Å². The van der Waals surface area contributed by atoms with Crippen LogP contribution in [0.4, 0.5) is 0 Å². The van der Waals surface area contributed by atoms with Gasteiger partial charge in [-0.3, -0.25) is 4.79 Å². The van der Waals surface area contributed by atoms with Crippen LogP contribution in [0.2, 0.25) is 5.02 Å². The molecular weight excluding hydrogens is 204 g/mol. The molecule has 1 heterocycles. The summed E-state index contributed by atoms with van der Waals surface area (Å²) in [5.41, 5.74) is 0.840. The predicted octanol–water partition coefficient (Wildman–Crippen LogP) is 3.41. The highest BCUT2D eigenvalue weighted by Gasteiger charge is 2.15. The lowest BCUT2D eigenvalue weighted by Gasteiger charge is -2.02. The van der Waals surface area contributed by atoms with Crippen LogP contribution in [0.5, 0.6) is 0 Å². The SMILES string of the molecule is O=C1CCCSc2cc(Cl)ccc21. The van der Waals surface area contributed by atoms with Crippen LogP contribution in [0.15, 0.2) is 23.1 Å². The Balaban J connectivity index is 2.48. The lowest BCUT2D eigenvalue weighted by molar-refractivity contribution is 0.0980. The minimum Gasteiger partial charge on any atom is -0.294 e. The molecule has 3 heteroatoms. The second-order valence-corrected chi connectivity index (χ2v) is 4.59. The second kappa shape index (κ2) is 3.72. The van der Waals surface area contributed by atoms with Gasteiger partial charge < -0.3 is 0 Å². The molecule has 0 N–H and O–H groups in total. The third-order valence-electron chi connectivity index (χ3n) is 2.05. The Morgan fingerprint density at radius 1 is 1.38 bits per heavy atom. The molecule has 1 aromatic rings. The highest BCUT2D eigenvalue weighted by atomic mass is 35.5. The van der Waals surface area contributed by atoms with E-state index in [9.17, 15) is 4.79 Å². The summed E-state index contributed by atoms with van der Waals surface area (Å²) in [6.45, 7) is 0. The van der Waals surface area contributed by atoms with E-state index in [0.29, 0.717) is 11.4 Å². The van der Waals surface area contributed by atoms with Gasteiger partial charge in [-0.05, 0) is 30.4 Å². The Bertz CT molecular complexity index is 349. The fourth-order valence-corrected chi connectivity index (χ4v) is 2.69. The van der Waals surface area contributed by atoms with Crippen LogP contribution in [0.1, 0.15) is 23.2 Å². The van der Waals surface area contributed by atoms with E-state index in [-0.39, 0.29) is 5.78 Å². The van der Waals surface area contributed by atoms with E-state index in [1.165, 1.54) is 0 Å². The molecule has 0 spiro atoms. The van der Waals surface area contributed by atoms with E-state index in [1.54, 1.807) is 17.8 Å².